The molecule has 2 unspecified atom stereocenters. The number of hydrogen-bond acceptors (Lipinski definition) is 1. The minimum absolute atomic E-state index is 0.112. The summed E-state index contributed by atoms with van der Waals surface area (Å²) in [4.78, 5) is 12.3. The summed E-state index contributed by atoms with van der Waals surface area (Å²) in [7, 11) is 0. The zero-order valence-electron chi connectivity index (χ0n) is 13.5. The van der Waals surface area contributed by atoms with Crippen molar-refractivity contribution in [3.8, 4) is 0 Å². The van der Waals surface area contributed by atoms with Crippen LogP contribution in [0.15, 0.2) is 11.1 Å². The van der Waals surface area contributed by atoms with Gasteiger partial charge in [0.2, 0.25) is 0 Å². The molecule has 2 heteroatoms. The van der Waals surface area contributed by atoms with E-state index in [-0.39, 0.29) is 16.2 Å². The van der Waals surface area contributed by atoms with Gasteiger partial charge in [0, 0.05) is 12.0 Å². The highest BCUT2D eigenvalue weighted by atomic mass is 35.5. The molecule has 3 aliphatic rings. The van der Waals surface area contributed by atoms with Crippen molar-refractivity contribution in [3.63, 3.8) is 0 Å². The molecule has 1 nitrogen and oxygen atoms in total. The van der Waals surface area contributed by atoms with Gasteiger partial charge in [-0.05, 0) is 48.3 Å². The number of carbonyl (C=O) groups excluding carboxylic acids is 1. The molecule has 3 rings (SSSR count). The zero-order valence-corrected chi connectivity index (χ0v) is 14.3. The molecule has 0 amide bonds. The molecule has 2 bridgehead atoms. The Labute approximate surface area is 128 Å². The third-order valence-corrected chi connectivity index (χ3v) is 5.88. The molecule has 3 aliphatic carbocycles. The van der Waals surface area contributed by atoms with Gasteiger partial charge in [0.05, 0.1) is 4.87 Å². The second-order valence-electron chi connectivity index (χ2n) is 9.57. The van der Waals surface area contributed by atoms with Crippen LogP contribution < -0.4 is 0 Å². The maximum atomic E-state index is 12.7. The molecule has 0 saturated heterocycles. The summed E-state index contributed by atoms with van der Waals surface area (Å²) in [6.45, 7) is 11.4. The summed E-state index contributed by atoms with van der Waals surface area (Å²) in [5.41, 5.74) is 3.02. The summed E-state index contributed by atoms with van der Waals surface area (Å²) >= 11 is 7.06. The average Bonchev–Trinajstić information content (AvgIpc) is 2.05. The van der Waals surface area contributed by atoms with E-state index in [1.807, 2.05) is 0 Å². The van der Waals surface area contributed by atoms with E-state index in [9.17, 15) is 4.79 Å². The van der Waals surface area contributed by atoms with Crippen LogP contribution in [0.25, 0.3) is 0 Å². The molecular formula is C18H27ClO. The van der Waals surface area contributed by atoms with Crippen LogP contribution in [0.4, 0.5) is 0 Å². The second-order valence-corrected chi connectivity index (χ2v) is 10.3. The molecule has 1 saturated carbocycles. The SMILES string of the molecule is CC1(C)CC(=O)C2=C(C1)CC1(C)CC(C)(C)CC2(Cl)C1. The van der Waals surface area contributed by atoms with Gasteiger partial charge in [0.1, 0.15) is 0 Å². The molecule has 20 heavy (non-hydrogen) atoms. The Morgan fingerprint density at radius 1 is 0.850 bits per heavy atom. The van der Waals surface area contributed by atoms with Crippen molar-refractivity contribution in [2.75, 3.05) is 0 Å². The number of ketones is 1. The number of rotatable bonds is 0. The van der Waals surface area contributed by atoms with Crippen LogP contribution in [0.5, 0.6) is 0 Å². The van der Waals surface area contributed by atoms with E-state index in [0.29, 0.717) is 12.2 Å². The Kier molecular flexibility index (Phi) is 2.86. The Morgan fingerprint density at radius 2 is 1.50 bits per heavy atom. The van der Waals surface area contributed by atoms with E-state index < -0.39 is 4.87 Å². The van der Waals surface area contributed by atoms with E-state index in [1.165, 1.54) is 12.0 Å². The maximum Gasteiger partial charge on any atom is 0.161 e. The van der Waals surface area contributed by atoms with E-state index in [1.54, 1.807) is 0 Å². The molecule has 0 N–H and O–H groups in total. The predicted molar refractivity (Wildman–Crippen MR) is 84.0 cm³/mol. The summed E-state index contributed by atoms with van der Waals surface area (Å²) in [6.07, 6.45) is 5.95. The molecule has 0 aromatic carbocycles. The molecule has 0 heterocycles. The number of halogens is 1. The number of alkyl halides is 1. The Morgan fingerprint density at radius 3 is 2.15 bits per heavy atom. The average molecular weight is 295 g/mol. The summed E-state index contributed by atoms with van der Waals surface area (Å²) in [5, 5.41) is 0. The van der Waals surface area contributed by atoms with Crippen LogP contribution in [0.1, 0.15) is 73.1 Å². The van der Waals surface area contributed by atoms with Crippen molar-refractivity contribution in [1.29, 1.82) is 0 Å². The highest BCUT2D eigenvalue weighted by Gasteiger charge is 2.56. The molecule has 0 radical (unpaired) electrons. The van der Waals surface area contributed by atoms with Gasteiger partial charge in [-0.1, -0.05) is 40.2 Å². The molecule has 0 aromatic heterocycles. The Hall–Kier alpha value is -0.300. The fourth-order valence-corrected chi connectivity index (χ4v) is 6.68. The number of Topliss-reactive ketones (excluding diaryl/α,β-unsaturated/α-hetero) is 1. The number of carbonyl (C=O) groups is 1. The molecule has 0 spiro atoms. The Balaban J connectivity index is 2.12. The van der Waals surface area contributed by atoms with Crippen LogP contribution in [-0.2, 0) is 4.79 Å². The topological polar surface area (TPSA) is 17.1 Å². The van der Waals surface area contributed by atoms with Crippen LogP contribution >= 0.6 is 11.6 Å². The number of fused-ring (bicyclic) bond motifs is 3. The van der Waals surface area contributed by atoms with Crippen LogP contribution in [0.3, 0.4) is 0 Å². The quantitative estimate of drug-likeness (QED) is 0.556. The molecule has 0 aromatic rings. The fraction of sp³-hybridized carbons (Fsp3) is 0.833. The highest BCUT2D eigenvalue weighted by Crippen LogP contribution is 2.63. The third-order valence-electron chi connectivity index (χ3n) is 5.42. The van der Waals surface area contributed by atoms with Gasteiger partial charge in [-0.3, -0.25) is 4.79 Å². The lowest BCUT2D eigenvalue weighted by atomic mass is 9.51. The van der Waals surface area contributed by atoms with Crippen LogP contribution in [-0.4, -0.2) is 10.7 Å². The smallest absolute Gasteiger partial charge is 0.161 e. The van der Waals surface area contributed by atoms with Gasteiger partial charge < -0.3 is 0 Å². The molecule has 2 atom stereocenters. The molecule has 1 fully saturated rings. The fourth-order valence-electron chi connectivity index (χ4n) is 5.76. The van der Waals surface area contributed by atoms with Crippen molar-refractivity contribution in [2.24, 2.45) is 16.2 Å². The summed E-state index contributed by atoms with van der Waals surface area (Å²) < 4.78 is 0. The van der Waals surface area contributed by atoms with Crippen LogP contribution in [0, 0.1) is 16.2 Å². The highest BCUT2D eigenvalue weighted by molar-refractivity contribution is 6.30. The minimum atomic E-state index is -0.391. The van der Waals surface area contributed by atoms with Crippen molar-refractivity contribution < 1.29 is 4.79 Å². The minimum Gasteiger partial charge on any atom is -0.294 e. The van der Waals surface area contributed by atoms with Crippen molar-refractivity contribution in [1.82, 2.24) is 0 Å². The first-order valence-corrected chi connectivity index (χ1v) is 8.26. The summed E-state index contributed by atoms with van der Waals surface area (Å²) in [5.74, 6) is 0.325. The number of allylic oxidation sites excluding steroid dienone is 2. The van der Waals surface area contributed by atoms with Gasteiger partial charge in [0.15, 0.2) is 5.78 Å². The van der Waals surface area contributed by atoms with E-state index in [0.717, 1.165) is 31.3 Å². The van der Waals surface area contributed by atoms with E-state index in [4.69, 9.17) is 11.6 Å². The van der Waals surface area contributed by atoms with Crippen LogP contribution in [0.2, 0.25) is 0 Å². The first-order valence-electron chi connectivity index (χ1n) is 7.89. The molecule has 112 valence electrons. The van der Waals surface area contributed by atoms with Crippen molar-refractivity contribution >= 4 is 17.4 Å². The van der Waals surface area contributed by atoms with E-state index >= 15 is 0 Å². The first kappa shape index (κ1) is 14.6. The largest absolute Gasteiger partial charge is 0.294 e. The maximum absolute atomic E-state index is 12.7. The summed E-state index contributed by atoms with van der Waals surface area (Å²) in [6, 6.07) is 0. The molecule has 0 aliphatic heterocycles. The normalized spacial score (nSPS) is 42.4. The van der Waals surface area contributed by atoms with E-state index in [2.05, 4.69) is 34.6 Å². The number of hydrogen-bond donors (Lipinski definition) is 0. The van der Waals surface area contributed by atoms with Crippen molar-refractivity contribution in [2.45, 2.75) is 78.0 Å². The lowest BCUT2D eigenvalue weighted by Gasteiger charge is -2.56. The standard InChI is InChI=1S/C18H27ClO/c1-15(2)6-12-7-17(5)9-16(3,4)10-18(19,11-17)14(12)13(20)8-15/h6-11H2,1-5H3. The van der Waals surface area contributed by atoms with Gasteiger partial charge in [-0.15, -0.1) is 11.6 Å². The third kappa shape index (κ3) is 2.26. The van der Waals surface area contributed by atoms with Crippen molar-refractivity contribution in [3.05, 3.63) is 11.1 Å². The Bertz CT molecular complexity index is 514. The monoisotopic (exact) mass is 294 g/mol. The predicted octanol–water partition coefficient (Wildman–Crippen LogP) is 5.27. The lowest BCUT2D eigenvalue weighted by molar-refractivity contribution is -0.119. The zero-order chi connectivity index (χ0) is 15.0. The van der Waals surface area contributed by atoms with Gasteiger partial charge in [-0.25, -0.2) is 0 Å². The van der Waals surface area contributed by atoms with Gasteiger partial charge in [-0.2, -0.15) is 0 Å². The van der Waals surface area contributed by atoms with Gasteiger partial charge >= 0.3 is 0 Å². The first-order chi connectivity index (χ1) is 8.94. The molecular weight excluding hydrogens is 268 g/mol. The second kappa shape index (κ2) is 3.91. The van der Waals surface area contributed by atoms with Gasteiger partial charge in [0.25, 0.3) is 0 Å². The lowest BCUT2D eigenvalue weighted by Crippen LogP contribution is -2.51.